The summed E-state index contributed by atoms with van der Waals surface area (Å²) in [5, 5.41) is 3.19. The Balaban J connectivity index is 0.00000242. The Labute approximate surface area is 138 Å². The maximum absolute atomic E-state index is 4.30. The van der Waals surface area contributed by atoms with Crippen LogP contribution < -0.4 is 5.32 Å². The summed E-state index contributed by atoms with van der Waals surface area (Å²) in [5.41, 5.74) is 2.03. The van der Waals surface area contributed by atoms with Crippen LogP contribution in [0, 0.1) is 0 Å². The van der Waals surface area contributed by atoms with Crippen LogP contribution in [0.1, 0.15) is 0 Å². The van der Waals surface area contributed by atoms with Gasteiger partial charge in [0.25, 0.3) is 0 Å². The predicted molar refractivity (Wildman–Crippen MR) is 99.3 cm³/mol. The SMILES string of the molecule is C(=CC=CNc1ccccc1)C=CC=Nc1ccccc1.Cl. The van der Waals surface area contributed by atoms with Gasteiger partial charge in [-0.2, -0.15) is 0 Å². The van der Waals surface area contributed by atoms with Gasteiger partial charge in [-0.25, -0.2) is 0 Å². The molecule has 3 heteroatoms. The Morgan fingerprint density at radius 3 is 2.00 bits per heavy atom. The molecule has 0 saturated heterocycles. The molecule has 0 unspecified atom stereocenters. The highest BCUT2D eigenvalue weighted by atomic mass is 35.5. The van der Waals surface area contributed by atoms with Crippen molar-refractivity contribution < 1.29 is 0 Å². The summed E-state index contributed by atoms with van der Waals surface area (Å²) in [5.74, 6) is 0. The number of hydrogen-bond acceptors (Lipinski definition) is 2. The van der Waals surface area contributed by atoms with Gasteiger partial charge < -0.3 is 5.32 Å². The fraction of sp³-hybridized carbons (Fsp3) is 0. The van der Waals surface area contributed by atoms with Gasteiger partial charge in [0.15, 0.2) is 0 Å². The molecule has 0 spiro atoms. The van der Waals surface area contributed by atoms with Crippen LogP contribution in [0.15, 0.2) is 102 Å². The van der Waals surface area contributed by atoms with Gasteiger partial charge in [0, 0.05) is 18.1 Å². The van der Waals surface area contributed by atoms with E-state index in [4.69, 9.17) is 0 Å². The third-order valence-corrected chi connectivity index (χ3v) is 2.63. The van der Waals surface area contributed by atoms with Gasteiger partial charge in [-0.15, -0.1) is 12.4 Å². The van der Waals surface area contributed by atoms with Crippen LogP contribution in [0.2, 0.25) is 0 Å². The molecule has 0 aliphatic carbocycles. The summed E-state index contributed by atoms with van der Waals surface area (Å²) < 4.78 is 0. The second-order valence-corrected chi connectivity index (χ2v) is 4.25. The van der Waals surface area contributed by atoms with Crippen LogP contribution in [0.5, 0.6) is 0 Å². The van der Waals surface area contributed by atoms with Crippen molar-refractivity contribution in [1.82, 2.24) is 0 Å². The van der Waals surface area contributed by atoms with E-state index in [-0.39, 0.29) is 12.4 Å². The summed E-state index contributed by atoms with van der Waals surface area (Å²) in [6.45, 7) is 0. The molecule has 0 heterocycles. The smallest absolute Gasteiger partial charge is 0.0629 e. The second kappa shape index (κ2) is 11.1. The number of nitrogens with zero attached hydrogens (tertiary/aromatic N) is 1. The number of allylic oxidation sites excluding steroid dienone is 5. The van der Waals surface area contributed by atoms with E-state index in [9.17, 15) is 0 Å². The maximum Gasteiger partial charge on any atom is 0.0629 e. The lowest BCUT2D eigenvalue weighted by Crippen LogP contribution is -1.84. The Hall–Kier alpha value is -2.58. The molecule has 0 aliphatic rings. The van der Waals surface area contributed by atoms with Crippen LogP contribution >= 0.6 is 12.4 Å². The van der Waals surface area contributed by atoms with E-state index in [1.165, 1.54) is 0 Å². The van der Waals surface area contributed by atoms with Gasteiger partial charge >= 0.3 is 0 Å². The minimum Gasteiger partial charge on any atom is -0.362 e. The molecule has 2 nitrogen and oxygen atoms in total. The van der Waals surface area contributed by atoms with Crippen molar-refractivity contribution in [3.63, 3.8) is 0 Å². The number of nitrogens with one attached hydrogen (secondary N) is 1. The highest BCUT2D eigenvalue weighted by Gasteiger charge is 1.81. The molecule has 2 aromatic rings. The minimum absolute atomic E-state index is 0. The van der Waals surface area contributed by atoms with E-state index in [1.807, 2.05) is 97.2 Å². The van der Waals surface area contributed by atoms with Crippen LogP contribution in [0.3, 0.4) is 0 Å². The molecule has 0 amide bonds. The molecule has 1 N–H and O–H groups in total. The molecule has 0 bridgehead atoms. The monoisotopic (exact) mass is 310 g/mol. The molecular weight excluding hydrogens is 292 g/mol. The number of rotatable bonds is 6. The topological polar surface area (TPSA) is 24.4 Å². The molecule has 112 valence electrons. The third kappa shape index (κ3) is 7.27. The molecule has 2 aromatic carbocycles. The fourth-order valence-electron chi connectivity index (χ4n) is 1.62. The number of anilines is 1. The molecule has 0 aromatic heterocycles. The van der Waals surface area contributed by atoms with E-state index in [1.54, 1.807) is 6.21 Å². The van der Waals surface area contributed by atoms with Gasteiger partial charge in [-0.3, -0.25) is 4.99 Å². The summed E-state index contributed by atoms with van der Waals surface area (Å²) in [4.78, 5) is 4.30. The average molecular weight is 311 g/mol. The average Bonchev–Trinajstić information content (AvgIpc) is 2.55. The predicted octanol–water partition coefficient (Wildman–Crippen LogP) is 5.55. The quantitative estimate of drug-likeness (QED) is 0.549. The third-order valence-electron chi connectivity index (χ3n) is 2.63. The summed E-state index contributed by atoms with van der Waals surface area (Å²) in [7, 11) is 0. The van der Waals surface area contributed by atoms with Gasteiger partial charge in [-0.05, 0) is 36.4 Å². The van der Waals surface area contributed by atoms with Gasteiger partial charge in [0.2, 0.25) is 0 Å². The first-order chi connectivity index (χ1) is 10.4. The lowest BCUT2D eigenvalue weighted by atomic mass is 10.3. The highest BCUT2D eigenvalue weighted by Crippen LogP contribution is 2.08. The number of benzene rings is 2. The first kappa shape index (κ1) is 17.5. The Morgan fingerprint density at radius 1 is 0.682 bits per heavy atom. The van der Waals surface area contributed by atoms with Crippen molar-refractivity contribution in [1.29, 1.82) is 0 Å². The summed E-state index contributed by atoms with van der Waals surface area (Å²) in [6.07, 6.45) is 13.4. The first-order valence-corrected chi connectivity index (χ1v) is 6.84. The van der Waals surface area contributed by atoms with Crippen molar-refractivity contribution >= 4 is 30.0 Å². The van der Waals surface area contributed by atoms with E-state index in [0.717, 1.165) is 11.4 Å². The Bertz CT molecular complexity index is 629. The van der Waals surface area contributed by atoms with Crippen molar-refractivity contribution in [2.45, 2.75) is 0 Å². The molecule has 2 rings (SSSR count). The molecule has 0 aliphatic heterocycles. The van der Waals surface area contributed by atoms with Crippen molar-refractivity contribution in [2.24, 2.45) is 4.99 Å². The summed E-state index contributed by atoms with van der Waals surface area (Å²) >= 11 is 0. The lowest BCUT2D eigenvalue weighted by Gasteiger charge is -1.97. The first-order valence-electron chi connectivity index (χ1n) is 6.84. The van der Waals surface area contributed by atoms with Crippen LogP contribution in [-0.4, -0.2) is 6.21 Å². The Kier molecular flexibility index (Phi) is 8.83. The Morgan fingerprint density at radius 2 is 1.27 bits per heavy atom. The van der Waals surface area contributed by atoms with Gasteiger partial charge in [0.1, 0.15) is 0 Å². The van der Waals surface area contributed by atoms with E-state index < -0.39 is 0 Å². The largest absolute Gasteiger partial charge is 0.362 e. The van der Waals surface area contributed by atoms with Crippen molar-refractivity contribution in [2.75, 3.05) is 5.32 Å². The van der Waals surface area contributed by atoms with E-state index >= 15 is 0 Å². The second-order valence-electron chi connectivity index (χ2n) is 4.25. The van der Waals surface area contributed by atoms with Crippen LogP contribution in [0.4, 0.5) is 11.4 Å². The van der Waals surface area contributed by atoms with Crippen LogP contribution in [0.25, 0.3) is 0 Å². The minimum atomic E-state index is 0. The van der Waals surface area contributed by atoms with Gasteiger partial charge in [-0.1, -0.05) is 54.6 Å². The number of halogens is 1. The zero-order valence-electron chi connectivity index (χ0n) is 12.2. The number of hydrogen-bond donors (Lipinski definition) is 1. The molecule has 0 saturated carbocycles. The number of aliphatic imine (C=N–C) groups is 1. The van der Waals surface area contributed by atoms with E-state index in [0.29, 0.717) is 0 Å². The molecule has 0 fully saturated rings. The number of para-hydroxylation sites is 2. The van der Waals surface area contributed by atoms with E-state index in [2.05, 4.69) is 10.3 Å². The lowest BCUT2D eigenvalue weighted by molar-refractivity contribution is 1.54. The van der Waals surface area contributed by atoms with Crippen molar-refractivity contribution in [3.8, 4) is 0 Å². The van der Waals surface area contributed by atoms with Crippen molar-refractivity contribution in [3.05, 3.63) is 97.2 Å². The normalized spacial score (nSPS) is 11.5. The summed E-state index contributed by atoms with van der Waals surface area (Å²) in [6, 6.07) is 19.9. The molecule has 0 radical (unpaired) electrons. The molecule has 0 atom stereocenters. The fourth-order valence-corrected chi connectivity index (χ4v) is 1.62. The maximum atomic E-state index is 4.30. The standard InChI is InChI=1S/C19H18N2.ClH/c1(2-10-16-20-18-12-6-4-7-13-18)3-11-17-21-19-14-8-5-9-15-19;/h1-17,20H;1H. The van der Waals surface area contributed by atoms with Gasteiger partial charge in [0.05, 0.1) is 5.69 Å². The molecular formula is C19H19ClN2. The molecule has 22 heavy (non-hydrogen) atoms. The van der Waals surface area contributed by atoms with Crippen LogP contribution in [-0.2, 0) is 0 Å². The zero-order chi connectivity index (χ0) is 14.6. The highest BCUT2D eigenvalue weighted by molar-refractivity contribution is 5.85. The zero-order valence-corrected chi connectivity index (χ0v) is 13.0.